The zero-order chi connectivity index (χ0) is 14.9. The molecule has 0 saturated carbocycles. The van der Waals surface area contributed by atoms with Gasteiger partial charge in [-0.05, 0) is 5.41 Å². The summed E-state index contributed by atoms with van der Waals surface area (Å²) in [5.74, 6) is 0.0691. The van der Waals surface area contributed by atoms with Crippen LogP contribution >= 0.6 is 11.8 Å². The molecule has 0 aliphatic heterocycles. The van der Waals surface area contributed by atoms with Crippen molar-refractivity contribution in [3.05, 3.63) is 0 Å². The Balaban J connectivity index is 3.61. The monoisotopic (exact) mass is 289 g/mol. The number of thioether (sulfide) groups is 1. The van der Waals surface area contributed by atoms with E-state index < -0.39 is 0 Å². The Bertz CT molecular complexity index is 323. The fourth-order valence-electron chi connectivity index (χ4n) is 1.04. The molecule has 0 spiro atoms. The van der Waals surface area contributed by atoms with Crippen LogP contribution < -0.4 is 5.32 Å². The molecule has 0 bridgehead atoms. The fourth-order valence-corrected chi connectivity index (χ4v) is 1.72. The van der Waals surface area contributed by atoms with Crippen LogP contribution in [0.3, 0.4) is 0 Å². The normalized spacial score (nSPS) is 10.9. The van der Waals surface area contributed by atoms with Crippen molar-refractivity contribution in [2.24, 2.45) is 5.41 Å². The minimum atomic E-state index is -0.342. The number of amides is 1. The van der Waals surface area contributed by atoms with Crippen LogP contribution in [0.5, 0.6) is 0 Å². The van der Waals surface area contributed by atoms with Gasteiger partial charge >= 0.3 is 5.97 Å². The summed E-state index contributed by atoms with van der Waals surface area (Å²) in [5, 5.41) is 2.54. The lowest BCUT2D eigenvalue weighted by Crippen LogP contribution is -2.22. The predicted molar refractivity (Wildman–Crippen MR) is 75.8 cm³/mol. The highest BCUT2D eigenvalue weighted by Gasteiger charge is 2.14. The van der Waals surface area contributed by atoms with Gasteiger partial charge in [0.25, 0.3) is 0 Å². The van der Waals surface area contributed by atoms with Crippen LogP contribution in [0.25, 0.3) is 0 Å². The highest BCUT2D eigenvalue weighted by molar-refractivity contribution is 8.13. The van der Waals surface area contributed by atoms with Gasteiger partial charge < -0.3 is 10.1 Å². The van der Waals surface area contributed by atoms with Gasteiger partial charge in [0.1, 0.15) is 0 Å². The molecule has 0 aliphatic rings. The lowest BCUT2D eigenvalue weighted by Gasteiger charge is -2.17. The van der Waals surface area contributed by atoms with E-state index in [2.05, 4.69) is 5.32 Å². The quantitative estimate of drug-likeness (QED) is 0.571. The molecule has 6 heteroatoms. The number of rotatable bonds is 7. The Hall–Kier alpha value is -1.04. The van der Waals surface area contributed by atoms with Gasteiger partial charge in [-0.15, -0.1) is 0 Å². The average Bonchev–Trinajstić information content (AvgIpc) is 2.28. The van der Waals surface area contributed by atoms with Crippen LogP contribution in [0.15, 0.2) is 0 Å². The number of ether oxygens (including phenoxy) is 1. The van der Waals surface area contributed by atoms with Gasteiger partial charge in [-0.1, -0.05) is 32.5 Å². The summed E-state index contributed by atoms with van der Waals surface area (Å²) >= 11 is 1.12. The molecule has 1 N–H and O–H groups in total. The first kappa shape index (κ1) is 18.0. The van der Waals surface area contributed by atoms with Crippen molar-refractivity contribution in [1.82, 2.24) is 5.32 Å². The topological polar surface area (TPSA) is 72.5 Å². The molecular weight excluding hydrogens is 266 g/mol. The smallest absolute Gasteiger partial charge is 0.306 e. The van der Waals surface area contributed by atoms with Gasteiger partial charge in [0.2, 0.25) is 5.91 Å². The number of carbonyl (C=O) groups excluding carboxylic acids is 3. The minimum Gasteiger partial charge on any atom is -0.465 e. The second kappa shape index (κ2) is 8.96. The van der Waals surface area contributed by atoms with E-state index in [9.17, 15) is 14.4 Å². The maximum absolute atomic E-state index is 11.4. The van der Waals surface area contributed by atoms with Crippen LogP contribution in [0.2, 0.25) is 0 Å². The van der Waals surface area contributed by atoms with Crippen LogP contribution in [-0.2, 0) is 19.1 Å². The Labute approximate surface area is 118 Å². The molecule has 0 unspecified atom stereocenters. The van der Waals surface area contributed by atoms with Crippen LogP contribution in [-0.4, -0.2) is 35.9 Å². The van der Waals surface area contributed by atoms with Crippen LogP contribution in [0.4, 0.5) is 0 Å². The van der Waals surface area contributed by atoms with Crippen molar-refractivity contribution >= 4 is 28.8 Å². The van der Waals surface area contributed by atoms with Gasteiger partial charge in [-0.2, -0.15) is 0 Å². The van der Waals surface area contributed by atoms with Crippen LogP contribution in [0, 0.1) is 5.41 Å². The number of carbonyl (C=O) groups is 3. The van der Waals surface area contributed by atoms with E-state index in [1.54, 1.807) is 0 Å². The highest BCUT2D eigenvalue weighted by Crippen LogP contribution is 2.14. The molecule has 0 aromatic carbocycles. The largest absolute Gasteiger partial charge is 0.465 e. The standard InChI is InChI=1S/C13H23NO4S/c1-10(15)14-7-8-19-12(17)6-5-11(16)18-9-13(2,3)4/h5-9H2,1-4H3,(H,14,15). The molecule has 5 nitrogen and oxygen atoms in total. The molecule has 0 aromatic heterocycles. The molecule has 19 heavy (non-hydrogen) atoms. The van der Waals surface area contributed by atoms with Gasteiger partial charge in [0, 0.05) is 25.6 Å². The van der Waals surface area contributed by atoms with E-state index in [-0.39, 0.29) is 35.2 Å². The summed E-state index contributed by atoms with van der Waals surface area (Å²) in [4.78, 5) is 33.4. The third kappa shape index (κ3) is 13.2. The van der Waals surface area contributed by atoms with Gasteiger partial charge in [-0.3, -0.25) is 14.4 Å². The lowest BCUT2D eigenvalue weighted by atomic mass is 9.99. The summed E-state index contributed by atoms with van der Waals surface area (Å²) < 4.78 is 5.06. The van der Waals surface area contributed by atoms with Gasteiger partial charge in [-0.25, -0.2) is 0 Å². The average molecular weight is 289 g/mol. The molecular formula is C13H23NO4S. The molecule has 0 radical (unpaired) electrons. The fraction of sp³-hybridized carbons (Fsp3) is 0.769. The Morgan fingerprint density at radius 2 is 1.79 bits per heavy atom. The van der Waals surface area contributed by atoms with E-state index in [0.29, 0.717) is 18.9 Å². The van der Waals surface area contributed by atoms with Crippen molar-refractivity contribution < 1.29 is 19.1 Å². The number of nitrogens with one attached hydrogen (secondary N) is 1. The number of hydrogen-bond acceptors (Lipinski definition) is 5. The second-order valence-electron chi connectivity index (χ2n) is 5.42. The molecule has 0 atom stereocenters. The Morgan fingerprint density at radius 1 is 1.16 bits per heavy atom. The molecule has 1 amide bonds. The van der Waals surface area contributed by atoms with Crippen molar-refractivity contribution in [3.8, 4) is 0 Å². The maximum atomic E-state index is 11.4. The molecule has 0 rings (SSSR count). The summed E-state index contributed by atoms with van der Waals surface area (Å²) in [6.45, 7) is 8.17. The summed E-state index contributed by atoms with van der Waals surface area (Å²) in [7, 11) is 0. The maximum Gasteiger partial charge on any atom is 0.306 e. The predicted octanol–water partition coefficient (Wildman–Crippen LogP) is 1.75. The SMILES string of the molecule is CC(=O)NCCSC(=O)CCC(=O)OCC(C)(C)C. The molecule has 0 saturated heterocycles. The van der Waals surface area contributed by atoms with Crippen molar-refractivity contribution in [3.63, 3.8) is 0 Å². The summed E-state index contributed by atoms with van der Waals surface area (Å²) in [6, 6.07) is 0. The zero-order valence-corrected chi connectivity index (χ0v) is 12.9. The number of esters is 1. The van der Waals surface area contributed by atoms with E-state index in [4.69, 9.17) is 4.74 Å². The molecule has 0 fully saturated rings. The third-order valence-electron chi connectivity index (χ3n) is 1.94. The minimum absolute atomic E-state index is 0.0574. The first-order chi connectivity index (χ1) is 8.70. The highest BCUT2D eigenvalue weighted by atomic mass is 32.2. The van der Waals surface area contributed by atoms with E-state index in [1.807, 2.05) is 20.8 Å². The molecule has 0 aromatic rings. The van der Waals surface area contributed by atoms with Gasteiger partial charge in [0.05, 0.1) is 13.0 Å². The van der Waals surface area contributed by atoms with Crippen molar-refractivity contribution in [2.45, 2.75) is 40.5 Å². The summed E-state index contributed by atoms with van der Waals surface area (Å²) in [6.07, 6.45) is 0.287. The third-order valence-corrected chi connectivity index (χ3v) is 2.87. The summed E-state index contributed by atoms with van der Waals surface area (Å²) in [5.41, 5.74) is -0.0627. The van der Waals surface area contributed by atoms with Gasteiger partial charge in [0.15, 0.2) is 5.12 Å². The zero-order valence-electron chi connectivity index (χ0n) is 12.1. The Kier molecular flexibility index (Phi) is 8.47. The van der Waals surface area contributed by atoms with Crippen molar-refractivity contribution in [1.29, 1.82) is 0 Å². The Morgan fingerprint density at radius 3 is 2.32 bits per heavy atom. The van der Waals surface area contributed by atoms with Crippen LogP contribution in [0.1, 0.15) is 40.5 Å². The molecule has 110 valence electrons. The molecule has 0 heterocycles. The number of hydrogen-bond donors (Lipinski definition) is 1. The lowest BCUT2D eigenvalue weighted by molar-refractivity contribution is -0.147. The first-order valence-corrected chi connectivity index (χ1v) is 7.25. The first-order valence-electron chi connectivity index (χ1n) is 6.26. The second-order valence-corrected chi connectivity index (χ2v) is 6.58. The molecule has 0 aliphatic carbocycles. The van der Waals surface area contributed by atoms with E-state index in [0.717, 1.165) is 11.8 Å². The van der Waals surface area contributed by atoms with E-state index >= 15 is 0 Å². The van der Waals surface area contributed by atoms with E-state index in [1.165, 1.54) is 6.92 Å². The van der Waals surface area contributed by atoms with Crippen molar-refractivity contribution in [2.75, 3.05) is 18.9 Å².